The first-order chi connectivity index (χ1) is 9.08. The van der Waals surface area contributed by atoms with Crippen molar-refractivity contribution in [2.75, 3.05) is 11.9 Å². The van der Waals surface area contributed by atoms with Crippen LogP contribution in [0.5, 0.6) is 0 Å². The molecule has 0 spiro atoms. The molecule has 1 aromatic heterocycles. The van der Waals surface area contributed by atoms with E-state index in [1.54, 1.807) is 23.5 Å². The number of carbonyl (C=O) groups is 1. The van der Waals surface area contributed by atoms with Gasteiger partial charge in [-0.3, -0.25) is 0 Å². The van der Waals surface area contributed by atoms with E-state index in [1.165, 1.54) is 4.88 Å². The highest BCUT2D eigenvalue weighted by Gasteiger charge is 2.12. The molecular formula is C15H17NO2S. The fourth-order valence-corrected chi connectivity index (χ4v) is 2.78. The summed E-state index contributed by atoms with van der Waals surface area (Å²) in [4.78, 5) is 14.3. The third-order valence-electron chi connectivity index (χ3n) is 3.26. The number of hydrogen-bond acceptors (Lipinski definition) is 3. The third kappa shape index (κ3) is 3.35. The molecule has 19 heavy (non-hydrogen) atoms. The second-order valence-electron chi connectivity index (χ2n) is 4.60. The molecule has 0 bridgehead atoms. The minimum atomic E-state index is -0.888. The van der Waals surface area contributed by atoms with Gasteiger partial charge in [-0.05, 0) is 42.6 Å². The molecule has 0 radical (unpaired) electrons. The Bertz CT molecular complexity index is 534. The summed E-state index contributed by atoms with van der Waals surface area (Å²) in [5.41, 5.74) is 1.36. The largest absolute Gasteiger partial charge is 0.478 e. The topological polar surface area (TPSA) is 40.5 Å². The quantitative estimate of drug-likeness (QED) is 0.907. The Labute approximate surface area is 117 Å². The Kier molecular flexibility index (Phi) is 4.22. The maximum absolute atomic E-state index is 10.8. The van der Waals surface area contributed by atoms with Gasteiger partial charge in [0.05, 0.1) is 5.56 Å². The molecule has 3 nitrogen and oxygen atoms in total. The highest BCUT2D eigenvalue weighted by molar-refractivity contribution is 7.09. The van der Waals surface area contributed by atoms with Crippen molar-refractivity contribution in [3.63, 3.8) is 0 Å². The van der Waals surface area contributed by atoms with Gasteiger partial charge in [0.1, 0.15) is 0 Å². The molecular weight excluding hydrogens is 258 g/mol. The minimum Gasteiger partial charge on any atom is -0.478 e. The van der Waals surface area contributed by atoms with E-state index in [-0.39, 0.29) is 0 Å². The second kappa shape index (κ2) is 5.89. The van der Waals surface area contributed by atoms with Crippen molar-refractivity contribution in [3.8, 4) is 0 Å². The van der Waals surface area contributed by atoms with Crippen LogP contribution < -0.4 is 4.90 Å². The van der Waals surface area contributed by atoms with E-state index in [1.807, 2.05) is 19.2 Å². The van der Waals surface area contributed by atoms with Crippen LogP contribution in [0.4, 0.5) is 5.69 Å². The molecule has 1 N–H and O–H groups in total. The van der Waals surface area contributed by atoms with Crippen LogP contribution >= 0.6 is 11.3 Å². The molecule has 2 rings (SSSR count). The number of rotatable bonds is 5. The molecule has 0 saturated heterocycles. The SMILES string of the molecule is CC(Cc1cccs1)N(C)c1ccc(C(=O)O)cc1. The maximum Gasteiger partial charge on any atom is 0.335 e. The summed E-state index contributed by atoms with van der Waals surface area (Å²) in [5.74, 6) is -0.888. The van der Waals surface area contributed by atoms with Gasteiger partial charge in [0.2, 0.25) is 0 Å². The predicted octanol–water partition coefficient (Wildman–Crippen LogP) is 3.51. The number of anilines is 1. The smallest absolute Gasteiger partial charge is 0.335 e. The van der Waals surface area contributed by atoms with Crippen LogP contribution in [-0.4, -0.2) is 24.2 Å². The van der Waals surface area contributed by atoms with Crippen LogP contribution in [0.2, 0.25) is 0 Å². The summed E-state index contributed by atoms with van der Waals surface area (Å²) in [6.45, 7) is 2.17. The Morgan fingerprint density at radius 1 is 1.32 bits per heavy atom. The number of carboxylic acid groups (broad SMARTS) is 1. The molecule has 100 valence electrons. The fourth-order valence-electron chi connectivity index (χ4n) is 1.95. The monoisotopic (exact) mass is 275 g/mol. The number of nitrogens with zero attached hydrogens (tertiary/aromatic N) is 1. The van der Waals surface area contributed by atoms with E-state index in [9.17, 15) is 4.79 Å². The summed E-state index contributed by atoms with van der Waals surface area (Å²) < 4.78 is 0. The molecule has 1 heterocycles. The molecule has 4 heteroatoms. The predicted molar refractivity (Wildman–Crippen MR) is 79.3 cm³/mol. The van der Waals surface area contributed by atoms with Crippen molar-refractivity contribution in [2.24, 2.45) is 0 Å². The maximum atomic E-state index is 10.8. The van der Waals surface area contributed by atoms with Crippen molar-refractivity contribution in [1.29, 1.82) is 0 Å². The van der Waals surface area contributed by atoms with Crippen LogP contribution in [0.3, 0.4) is 0 Å². The molecule has 1 unspecified atom stereocenters. The summed E-state index contributed by atoms with van der Waals surface area (Å²) in [6.07, 6.45) is 0.995. The van der Waals surface area contributed by atoms with Gasteiger partial charge in [0.15, 0.2) is 0 Å². The number of benzene rings is 1. The van der Waals surface area contributed by atoms with Gasteiger partial charge in [-0.15, -0.1) is 11.3 Å². The van der Waals surface area contributed by atoms with Crippen molar-refractivity contribution in [3.05, 3.63) is 52.2 Å². The fraction of sp³-hybridized carbons (Fsp3) is 0.267. The van der Waals surface area contributed by atoms with Gasteiger partial charge < -0.3 is 10.0 Å². The van der Waals surface area contributed by atoms with Crippen molar-refractivity contribution >= 4 is 23.0 Å². The zero-order chi connectivity index (χ0) is 13.8. The molecule has 0 aliphatic rings. The van der Waals surface area contributed by atoms with E-state index in [0.717, 1.165) is 12.1 Å². The standard InChI is InChI=1S/C15H17NO2S/c1-11(10-14-4-3-9-19-14)16(2)13-7-5-12(6-8-13)15(17)18/h3-9,11H,10H2,1-2H3,(H,17,18). The van der Waals surface area contributed by atoms with Crippen molar-refractivity contribution in [2.45, 2.75) is 19.4 Å². The van der Waals surface area contributed by atoms with E-state index in [4.69, 9.17) is 5.11 Å². The molecule has 2 aromatic rings. The zero-order valence-electron chi connectivity index (χ0n) is 11.0. The molecule has 0 fully saturated rings. The summed E-state index contributed by atoms with van der Waals surface area (Å²) >= 11 is 1.77. The third-order valence-corrected chi connectivity index (χ3v) is 4.16. The normalized spacial score (nSPS) is 12.1. The van der Waals surface area contributed by atoms with Crippen LogP contribution in [0.25, 0.3) is 0 Å². The minimum absolute atomic E-state index is 0.322. The Balaban J connectivity index is 2.06. The molecule has 0 aliphatic carbocycles. The number of carboxylic acids is 1. The van der Waals surface area contributed by atoms with E-state index >= 15 is 0 Å². The number of hydrogen-bond donors (Lipinski definition) is 1. The van der Waals surface area contributed by atoms with Gasteiger partial charge >= 0.3 is 5.97 Å². The number of thiophene rings is 1. The summed E-state index contributed by atoms with van der Waals surface area (Å²) in [6, 6.07) is 11.6. The lowest BCUT2D eigenvalue weighted by Gasteiger charge is -2.26. The van der Waals surface area contributed by atoms with Gasteiger partial charge in [-0.2, -0.15) is 0 Å². The van der Waals surface area contributed by atoms with Gasteiger partial charge in [0.25, 0.3) is 0 Å². The Morgan fingerprint density at radius 2 is 2.00 bits per heavy atom. The van der Waals surface area contributed by atoms with Gasteiger partial charge in [-0.25, -0.2) is 4.79 Å². The highest BCUT2D eigenvalue weighted by Crippen LogP contribution is 2.20. The van der Waals surface area contributed by atoms with Crippen LogP contribution in [0.15, 0.2) is 41.8 Å². The van der Waals surface area contributed by atoms with Crippen molar-refractivity contribution < 1.29 is 9.90 Å². The average molecular weight is 275 g/mol. The van der Waals surface area contributed by atoms with E-state index in [0.29, 0.717) is 11.6 Å². The first-order valence-corrected chi connectivity index (χ1v) is 7.04. The van der Waals surface area contributed by atoms with Gasteiger partial charge in [-0.1, -0.05) is 6.07 Å². The summed E-state index contributed by atoms with van der Waals surface area (Å²) in [5, 5.41) is 11.0. The first kappa shape index (κ1) is 13.6. The van der Waals surface area contributed by atoms with Crippen molar-refractivity contribution in [1.82, 2.24) is 0 Å². The molecule has 1 atom stereocenters. The Morgan fingerprint density at radius 3 is 2.53 bits per heavy atom. The number of likely N-dealkylation sites (N-methyl/N-ethyl adjacent to an activating group) is 1. The first-order valence-electron chi connectivity index (χ1n) is 6.16. The second-order valence-corrected chi connectivity index (χ2v) is 5.63. The summed E-state index contributed by atoms with van der Waals surface area (Å²) in [7, 11) is 2.04. The van der Waals surface area contributed by atoms with Crippen LogP contribution in [0, 0.1) is 0 Å². The molecule has 0 aliphatic heterocycles. The molecule has 0 amide bonds. The van der Waals surface area contributed by atoms with E-state index < -0.39 is 5.97 Å². The Hall–Kier alpha value is -1.81. The average Bonchev–Trinajstić information content (AvgIpc) is 2.90. The molecule has 0 saturated carbocycles. The highest BCUT2D eigenvalue weighted by atomic mass is 32.1. The van der Waals surface area contributed by atoms with Crippen LogP contribution in [-0.2, 0) is 6.42 Å². The van der Waals surface area contributed by atoms with Gasteiger partial charge in [0, 0.05) is 30.1 Å². The lowest BCUT2D eigenvalue weighted by atomic mass is 10.1. The number of aromatic carboxylic acids is 1. The zero-order valence-corrected chi connectivity index (χ0v) is 11.9. The van der Waals surface area contributed by atoms with Crippen LogP contribution in [0.1, 0.15) is 22.2 Å². The van der Waals surface area contributed by atoms with E-state index in [2.05, 4.69) is 29.3 Å². The molecule has 1 aromatic carbocycles. The lowest BCUT2D eigenvalue weighted by molar-refractivity contribution is 0.0697. The lowest BCUT2D eigenvalue weighted by Crippen LogP contribution is -2.30.